The van der Waals surface area contributed by atoms with Crippen LogP contribution in [-0.2, 0) is 7.05 Å². The fourth-order valence-electron chi connectivity index (χ4n) is 4.48. The van der Waals surface area contributed by atoms with Gasteiger partial charge in [-0.05, 0) is 73.9 Å². The van der Waals surface area contributed by atoms with E-state index in [1.54, 1.807) is 15.6 Å². The van der Waals surface area contributed by atoms with Gasteiger partial charge in [-0.15, -0.1) is 11.3 Å². The first kappa shape index (κ1) is 24.7. The van der Waals surface area contributed by atoms with Crippen LogP contribution in [0.3, 0.4) is 0 Å². The quantitative estimate of drug-likeness (QED) is 0.279. The van der Waals surface area contributed by atoms with Crippen LogP contribution in [0.15, 0.2) is 87.0 Å². The van der Waals surface area contributed by atoms with Gasteiger partial charge in [0.25, 0.3) is 5.56 Å². The first-order valence-electron chi connectivity index (χ1n) is 12.5. The highest BCUT2D eigenvalue weighted by atomic mass is 32.1. The largest absolute Gasteiger partial charge is 0.454 e. The summed E-state index contributed by atoms with van der Waals surface area (Å²) in [5.41, 5.74) is 6.90. The van der Waals surface area contributed by atoms with Crippen LogP contribution in [0, 0.1) is 20.8 Å². The van der Waals surface area contributed by atoms with Crippen molar-refractivity contribution in [1.29, 1.82) is 0 Å². The highest BCUT2D eigenvalue weighted by molar-refractivity contribution is 7.07. The Morgan fingerprint density at radius 1 is 0.923 bits per heavy atom. The minimum atomic E-state index is -0.186. The van der Waals surface area contributed by atoms with Crippen LogP contribution in [0.5, 0.6) is 11.5 Å². The molecule has 9 heteroatoms. The number of fused-ring (bicyclic) bond motifs is 1. The van der Waals surface area contributed by atoms with E-state index in [9.17, 15) is 4.79 Å². The number of ether oxygens (including phenoxy) is 2. The van der Waals surface area contributed by atoms with E-state index in [-0.39, 0.29) is 12.4 Å². The molecule has 39 heavy (non-hydrogen) atoms. The summed E-state index contributed by atoms with van der Waals surface area (Å²) in [6.07, 6.45) is 1.76. The number of rotatable bonds is 5. The Labute approximate surface area is 229 Å². The van der Waals surface area contributed by atoms with Crippen LogP contribution in [0.2, 0.25) is 0 Å². The maximum atomic E-state index is 13.6. The number of hydrogen-bond acceptors (Lipinski definition) is 6. The van der Waals surface area contributed by atoms with Gasteiger partial charge in [-0.2, -0.15) is 5.10 Å². The monoisotopic (exact) mass is 537 g/mol. The third-order valence-electron chi connectivity index (χ3n) is 6.94. The molecule has 0 saturated carbocycles. The second-order valence-corrected chi connectivity index (χ2v) is 10.2. The molecule has 5 aromatic rings. The van der Waals surface area contributed by atoms with Gasteiger partial charge < -0.3 is 9.47 Å². The Balaban J connectivity index is 1.51. The molecule has 0 radical (unpaired) electrons. The summed E-state index contributed by atoms with van der Waals surface area (Å²) in [6, 6.07) is 21.6. The van der Waals surface area contributed by atoms with Crippen molar-refractivity contribution >= 4 is 23.2 Å². The standard InChI is InChI=1S/C30H27N5O3S/c1-19-10-12-23(14-20(19)2)25-17-39-30(34(25)31-16-22-11-13-26-27(15-22)38-18-37-26)32-28-21(3)33(4)35(29(28)36)24-8-6-5-7-9-24/h5-17H,18H2,1-4H3. The Kier molecular flexibility index (Phi) is 6.28. The van der Waals surface area contributed by atoms with E-state index in [4.69, 9.17) is 19.6 Å². The van der Waals surface area contributed by atoms with Gasteiger partial charge in [-0.1, -0.05) is 30.3 Å². The number of thiazole rings is 1. The fourth-order valence-corrected chi connectivity index (χ4v) is 5.33. The predicted molar refractivity (Wildman–Crippen MR) is 154 cm³/mol. The summed E-state index contributed by atoms with van der Waals surface area (Å²) in [5, 5.41) is 6.85. The highest BCUT2D eigenvalue weighted by Crippen LogP contribution is 2.32. The molecule has 0 spiro atoms. The average Bonchev–Trinajstić information content (AvgIpc) is 3.63. The average molecular weight is 538 g/mol. The summed E-state index contributed by atoms with van der Waals surface area (Å²) < 4.78 is 16.2. The van der Waals surface area contributed by atoms with E-state index in [2.05, 4.69) is 32.0 Å². The van der Waals surface area contributed by atoms with Crippen molar-refractivity contribution in [2.75, 3.05) is 6.79 Å². The normalized spacial score (nSPS) is 13.1. The van der Waals surface area contributed by atoms with E-state index in [0.29, 0.717) is 16.2 Å². The molecule has 0 amide bonds. The highest BCUT2D eigenvalue weighted by Gasteiger charge is 2.17. The fraction of sp³-hybridized carbons (Fsp3) is 0.167. The molecule has 0 N–H and O–H groups in total. The molecule has 0 saturated heterocycles. The number of nitrogens with zero attached hydrogens (tertiary/aromatic N) is 5. The number of aryl methyl sites for hydroxylation is 2. The van der Waals surface area contributed by atoms with Crippen molar-refractivity contribution < 1.29 is 9.47 Å². The lowest BCUT2D eigenvalue weighted by Gasteiger charge is -2.07. The molecule has 8 nitrogen and oxygen atoms in total. The minimum absolute atomic E-state index is 0.186. The molecule has 1 aliphatic heterocycles. The first-order chi connectivity index (χ1) is 18.9. The molecule has 1 aliphatic rings. The van der Waals surface area contributed by atoms with Gasteiger partial charge in [0.1, 0.15) is 0 Å². The zero-order valence-electron chi connectivity index (χ0n) is 22.1. The number of para-hydroxylation sites is 1. The van der Waals surface area contributed by atoms with Crippen LogP contribution in [-0.4, -0.2) is 27.0 Å². The molecular formula is C30H27N5O3S. The number of hydrogen-bond donors (Lipinski definition) is 0. The van der Waals surface area contributed by atoms with Gasteiger partial charge >= 0.3 is 0 Å². The lowest BCUT2D eigenvalue weighted by atomic mass is 10.1. The smallest absolute Gasteiger partial charge is 0.297 e. The lowest BCUT2D eigenvalue weighted by molar-refractivity contribution is 0.174. The van der Waals surface area contributed by atoms with Crippen molar-refractivity contribution in [2.45, 2.75) is 20.8 Å². The molecule has 196 valence electrons. The summed E-state index contributed by atoms with van der Waals surface area (Å²) in [6.45, 7) is 6.30. The first-order valence-corrected chi connectivity index (χ1v) is 13.4. The molecule has 6 rings (SSSR count). The van der Waals surface area contributed by atoms with E-state index in [0.717, 1.165) is 34.0 Å². The molecule has 2 aromatic heterocycles. The minimum Gasteiger partial charge on any atom is -0.454 e. The summed E-state index contributed by atoms with van der Waals surface area (Å²) >= 11 is 1.44. The van der Waals surface area contributed by atoms with Crippen LogP contribution < -0.4 is 19.8 Å². The van der Waals surface area contributed by atoms with E-state index in [1.807, 2.05) is 72.6 Å². The Morgan fingerprint density at radius 2 is 1.72 bits per heavy atom. The number of aromatic nitrogens is 3. The van der Waals surface area contributed by atoms with Crippen molar-refractivity contribution in [2.24, 2.45) is 17.1 Å². The van der Waals surface area contributed by atoms with Crippen LogP contribution in [0.1, 0.15) is 22.4 Å². The third kappa shape index (κ3) is 4.51. The van der Waals surface area contributed by atoms with Gasteiger partial charge in [0.05, 0.1) is 23.3 Å². The van der Waals surface area contributed by atoms with Crippen molar-refractivity contribution in [3.63, 3.8) is 0 Å². The van der Waals surface area contributed by atoms with Crippen LogP contribution in [0.4, 0.5) is 5.69 Å². The Morgan fingerprint density at radius 3 is 2.51 bits per heavy atom. The van der Waals surface area contributed by atoms with Crippen molar-refractivity contribution in [3.05, 3.63) is 110 Å². The SMILES string of the molecule is Cc1ccc(-c2csc(=Nc3c(C)n(C)n(-c4ccccc4)c3=O)n2N=Cc2ccc3c(c2)OCO3)cc1C. The summed E-state index contributed by atoms with van der Waals surface area (Å²) in [4.78, 5) is 19.0. The van der Waals surface area contributed by atoms with Gasteiger partial charge in [0.15, 0.2) is 17.2 Å². The van der Waals surface area contributed by atoms with Gasteiger partial charge in [-0.25, -0.2) is 14.4 Å². The van der Waals surface area contributed by atoms with Crippen molar-refractivity contribution in [3.8, 4) is 28.4 Å². The second-order valence-electron chi connectivity index (χ2n) is 9.39. The molecule has 0 atom stereocenters. The zero-order valence-corrected chi connectivity index (χ0v) is 22.9. The topological polar surface area (TPSA) is 75.0 Å². The Bertz CT molecular complexity index is 1860. The predicted octanol–water partition coefficient (Wildman–Crippen LogP) is 5.47. The van der Waals surface area contributed by atoms with Crippen LogP contribution in [0.25, 0.3) is 16.9 Å². The summed E-state index contributed by atoms with van der Waals surface area (Å²) in [5.74, 6) is 1.41. The van der Waals surface area contributed by atoms with Gasteiger partial charge in [-0.3, -0.25) is 9.48 Å². The molecule has 0 fully saturated rings. The molecule has 0 aliphatic carbocycles. The molecule has 0 unspecified atom stereocenters. The third-order valence-corrected chi connectivity index (χ3v) is 7.75. The summed E-state index contributed by atoms with van der Waals surface area (Å²) in [7, 11) is 1.86. The Hall–Kier alpha value is -4.63. The van der Waals surface area contributed by atoms with Crippen molar-refractivity contribution in [1.82, 2.24) is 14.0 Å². The van der Waals surface area contributed by atoms with E-state index < -0.39 is 0 Å². The molecule has 3 aromatic carbocycles. The molecule has 0 bridgehead atoms. The zero-order chi connectivity index (χ0) is 27.1. The molecule has 3 heterocycles. The lowest BCUT2D eigenvalue weighted by Crippen LogP contribution is -2.19. The second kappa shape index (κ2) is 9.92. The van der Waals surface area contributed by atoms with Gasteiger partial charge in [0, 0.05) is 18.0 Å². The van der Waals surface area contributed by atoms with E-state index >= 15 is 0 Å². The maximum Gasteiger partial charge on any atom is 0.297 e. The van der Waals surface area contributed by atoms with Gasteiger partial charge in [0.2, 0.25) is 11.6 Å². The van der Waals surface area contributed by atoms with E-state index in [1.165, 1.54) is 22.5 Å². The number of benzene rings is 3. The molecular weight excluding hydrogens is 510 g/mol. The maximum absolute atomic E-state index is 13.6. The van der Waals surface area contributed by atoms with Crippen LogP contribution >= 0.6 is 11.3 Å².